The fourth-order valence-corrected chi connectivity index (χ4v) is 1.35. The van der Waals surface area contributed by atoms with Crippen molar-refractivity contribution >= 4 is 23.3 Å². The molecule has 2 rings (SSSR count). The number of nitrogens with one attached hydrogen (secondary N) is 2. The second kappa shape index (κ2) is 5.86. The number of anilines is 1. The smallest absolute Gasteiger partial charge is 0.228 e. The first-order valence-electron chi connectivity index (χ1n) is 5.06. The third-order valence-corrected chi connectivity index (χ3v) is 2.19. The summed E-state index contributed by atoms with van der Waals surface area (Å²) in [4.78, 5) is 12.2. The maximum Gasteiger partial charge on any atom is 0.228 e. The zero-order valence-corrected chi connectivity index (χ0v) is 9.81. The van der Waals surface area contributed by atoms with Crippen LogP contribution in [0, 0.1) is 0 Å². The van der Waals surface area contributed by atoms with Gasteiger partial charge in [0.2, 0.25) is 5.95 Å². The van der Waals surface area contributed by atoms with Crippen LogP contribution in [0.4, 0.5) is 5.95 Å². The zero-order valence-electron chi connectivity index (χ0n) is 9.00. The van der Waals surface area contributed by atoms with Gasteiger partial charge in [0.15, 0.2) is 5.11 Å². The molecule has 0 aliphatic rings. The summed E-state index contributed by atoms with van der Waals surface area (Å²) < 4.78 is 0. The van der Waals surface area contributed by atoms with Crippen molar-refractivity contribution in [2.24, 2.45) is 0 Å². The summed E-state index contributed by atoms with van der Waals surface area (Å²) in [6.45, 7) is 0.569. The van der Waals surface area contributed by atoms with Crippen molar-refractivity contribution in [3.8, 4) is 0 Å². The van der Waals surface area contributed by atoms with Crippen molar-refractivity contribution in [1.82, 2.24) is 20.3 Å². The van der Waals surface area contributed by atoms with Crippen molar-refractivity contribution in [1.29, 1.82) is 0 Å². The molecule has 0 spiro atoms. The molecule has 0 saturated heterocycles. The highest BCUT2D eigenvalue weighted by Crippen LogP contribution is 1.95. The van der Waals surface area contributed by atoms with E-state index in [1.54, 1.807) is 24.7 Å². The number of rotatable bonds is 3. The lowest BCUT2D eigenvalue weighted by molar-refractivity contribution is 0.880. The monoisotopic (exact) mass is 245 g/mol. The molecule has 17 heavy (non-hydrogen) atoms. The van der Waals surface area contributed by atoms with Crippen LogP contribution in [-0.2, 0) is 6.54 Å². The second-order valence-electron chi connectivity index (χ2n) is 3.20. The Morgan fingerprint density at radius 1 is 1.06 bits per heavy atom. The Morgan fingerprint density at radius 3 is 2.53 bits per heavy atom. The molecule has 6 heteroatoms. The summed E-state index contributed by atoms with van der Waals surface area (Å²) in [5.41, 5.74) is 0.922. The maximum absolute atomic E-state index is 5.11. The minimum atomic E-state index is 0.474. The van der Waals surface area contributed by atoms with Crippen molar-refractivity contribution in [3.05, 3.63) is 48.5 Å². The van der Waals surface area contributed by atoms with Gasteiger partial charge in [0.25, 0.3) is 0 Å². The fourth-order valence-electron chi connectivity index (χ4n) is 1.18. The zero-order chi connectivity index (χ0) is 11.9. The highest BCUT2D eigenvalue weighted by molar-refractivity contribution is 7.80. The van der Waals surface area contributed by atoms with Gasteiger partial charge in [-0.05, 0) is 30.4 Å². The molecule has 0 aliphatic heterocycles. The Bertz CT molecular complexity index is 474. The minimum absolute atomic E-state index is 0.474. The molecule has 0 aromatic carbocycles. The van der Waals surface area contributed by atoms with E-state index in [9.17, 15) is 0 Å². The largest absolute Gasteiger partial charge is 0.357 e. The summed E-state index contributed by atoms with van der Waals surface area (Å²) in [6, 6.07) is 7.48. The standard InChI is InChI=1S/C11H11N5S/c17-11(16-10-13-6-3-7-14-10)15-8-9-4-1-2-5-12-9/h1-7H,8H2,(H2,13,14,15,16,17). The van der Waals surface area contributed by atoms with Crippen molar-refractivity contribution in [2.75, 3.05) is 5.32 Å². The van der Waals surface area contributed by atoms with Crippen LogP contribution >= 0.6 is 12.2 Å². The first kappa shape index (κ1) is 11.4. The van der Waals surface area contributed by atoms with Gasteiger partial charge in [0.1, 0.15) is 0 Å². The molecular formula is C11H11N5S. The van der Waals surface area contributed by atoms with Crippen LogP contribution in [0.15, 0.2) is 42.9 Å². The number of hydrogen-bond donors (Lipinski definition) is 2. The van der Waals surface area contributed by atoms with Crippen molar-refractivity contribution in [2.45, 2.75) is 6.54 Å². The fraction of sp³-hybridized carbons (Fsp3) is 0.0909. The third kappa shape index (κ3) is 3.76. The molecule has 86 valence electrons. The Balaban J connectivity index is 1.83. The molecule has 0 saturated carbocycles. The van der Waals surface area contributed by atoms with Gasteiger partial charge in [-0.3, -0.25) is 4.98 Å². The van der Waals surface area contributed by atoms with Crippen LogP contribution in [0.2, 0.25) is 0 Å². The lowest BCUT2D eigenvalue weighted by Crippen LogP contribution is -2.28. The topological polar surface area (TPSA) is 62.7 Å². The van der Waals surface area contributed by atoms with Gasteiger partial charge in [0, 0.05) is 18.6 Å². The lowest BCUT2D eigenvalue weighted by atomic mass is 10.3. The molecule has 0 atom stereocenters. The molecule has 0 unspecified atom stereocenters. The molecule has 5 nitrogen and oxygen atoms in total. The normalized spacial score (nSPS) is 9.65. The maximum atomic E-state index is 5.11. The Kier molecular flexibility index (Phi) is 3.93. The molecule has 0 aliphatic carbocycles. The lowest BCUT2D eigenvalue weighted by Gasteiger charge is -2.08. The molecular weight excluding hydrogens is 234 g/mol. The average molecular weight is 245 g/mol. The number of hydrogen-bond acceptors (Lipinski definition) is 4. The summed E-state index contributed by atoms with van der Waals surface area (Å²) in [5.74, 6) is 0.478. The van der Waals surface area contributed by atoms with Crippen LogP contribution < -0.4 is 10.6 Å². The van der Waals surface area contributed by atoms with E-state index >= 15 is 0 Å². The van der Waals surface area contributed by atoms with Gasteiger partial charge >= 0.3 is 0 Å². The number of pyridine rings is 1. The minimum Gasteiger partial charge on any atom is -0.357 e. The van der Waals surface area contributed by atoms with Crippen LogP contribution in [0.5, 0.6) is 0 Å². The first-order chi connectivity index (χ1) is 8.34. The van der Waals surface area contributed by atoms with E-state index in [1.807, 2.05) is 18.2 Å². The predicted octanol–water partition coefficient (Wildman–Crippen LogP) is 1.36. The molecule has 0 fully saturated rings. The molecule has 0 amide bonds. The van der Waals surface area contributed by atoms with Crippen LogP contribution in [0.25, 0.3) is 0 Å². The van der Waals surface area contributed by atoms with Gasteiger partial charge < -0.3 is 10.6 Å². The van der Waals surface area contributed by atoms with E-state index in [4.69, 9.17) is 12.2 Å². The number of aromatic nitrogens is 3. The molecule has 2 heterocycles. The predicted molar refractivity (Wildman–Crippen MR) is 69.3 cm³/mol. The van der Waals surface area contributed by atoms with Gasteiger partial charge in [-0.15, -0.1) is 0 Å². The third-order valence-electron chi connectivity index (χ3n) is 1.95. The van der Waals surface area contributed by atoms with Gasteiger partial charge in [-0.1, -0.05) is 6.07 Å². The SMILES string of the molecule is S=C(NCc1ccccn1)Nc1ncccn1. The summed E-state index contributed by atoms with van der Waals surface area (Å²) in [5, 5.41) is 6.38. The van der Waals surface area contributed by atoms with E-state index < -0.39 is 0 Å². The molecule has 0 radical (unpaired) electrons. The van der Waals surface area contributed by atoms with Crippen LogP contribution in [0.3, 0.4) is 0 Å². The second-order valence-corrected chi connectivity index (χ2v) is 3.61. The number of nitrogens with zero attached hydrogens (tertiary/aromatic N) is 3. The summed E-state index contributed by atoms with van der Waals surface area (Å²) in [7, 11) is 0. The average Bonchev–Trinajstić information content (AvgIpc) is 2.39. The van der Waals surface area contributed by atoms with E-state index in [2.05, 4.69) is 25.6 Å². The first-order valence-corrected chi connectivity index (χ1v) is 5.47. The van der Waals surface area contributed by atoms with Gasteiger partial charge in [-0.25, -0.2) is 9.97 Å². The molecule has 2 N–H and O–H groups in total. The quantitative estimate of drug-likeness (QED) is 0.796. The highest BCUT2D eigenvalue weighted by Gasteiger charge is 1.99. The van der Waals surface area contributed by atoms with E-state index in [-0.39, 0.29) is 0 Å². The van der Waals surface area contributed by atoms with Crippen molar-refractivity contribution < 1.29 is 0 Å². The van der Waals surface area contributed by atoms with E-state index in [0.717, 1.165) is 5.69 Å². The highest BCUT2D eigenvalue weighted by atomic mass is 32.1. The summed E-state index contributed by atoms with van der Waals surface area (Å²) in [6.07, 6.45) is 5.04. The molecule has 0 bridgehead atoms. The Morgan fingerprint density at radius 2 is 1.82 bits per heavy atom. The molecule has 2 aromatic rings. The van der Waals surface area contributed by atoms with Gasteiger partial charge in [-0.2, -0.15) is 0 Å². The Labute approximate surface area is 104 Å². The summed E-state index contributed by atoms with van der Waals surface area (Å²) >= 11 is 5.11. The van der Waals surface area contributed by atoms with Crippen LogP contribution in [0.1, 0.15) is 5.69 Å². The van der Waals surface area contributed by atoms with E-state index in [1.165, 1.54) is 0 Å². The number of thiocarbonyl (C=S) groups is 1. The van der Waals surface area contributed by atoms with Crippen molar-refractivity contribution in [3.63, 3.8) is 0 Å². The Hall–Kier alpha value is -2.08. The molecule has 2 aromatic heterocycles. The van der Waals surface area contributed by atoms with Crippen LogP contribution in [-0.4, -0.2) is 20.1 Å². The van der Waals surface area contributed by atoms with E-state index in [0.29, 0.717) is 17.6 Å². The van der Waals surface area contributed by atoms with Gasteiger partial charge in [0.05, 0.1) is 12.2 Å².